The van der Waals surface area contributed by atoms with Crippen LogP contribution in [0.1, 0.15) is 80.1 Å². The summed E-state index contributed by atoms with van der Waals surface area (Å²) in [7, 11) is 0. The van der Waals surface area contributed by atoms with Crippen LogP contribution in [0, 0.1) is 35.5 Å². The summed E-state index contributed by atoms with van der Waals surface area (Å²) in [6.07, 6.45) is 8.55. The molecule has 0 bridgehead atoms. The van der Waals surface area contributed by atoms with E-state index in [9.17, 15) is 0 Å². The molecule has 0 radical (unpaired) electrons. The Labute approximate surface area is 133 Å². The van der Waals surface area contributed by atoms with Crippen molar-refractivity contribution in [3.8, 4) is 0 Å². The van der Waals surface area contributed by atoms with Gasteiger partial charge in [0.1, 0.15) is 0 Å². The van der Waals surface area contributed by atoms with Crippen molar-refractivity contribution in [3.63, 3.8) is 0 Å². The van der Waals surface area contributed by atoms with E-state index in [0.29, 0.717) is 0 Å². The molecule has 2 saturated carbocycles. The van der Waals surface area contributed by atoms with Crippen LogP contribution in [-0.4, -0.2) is 12.1 Å². The Kier molecular flexibility index (Phi) is 6.17. The average Bonchev–Trinajstić information content (AvgIpc) is 2.38. The molecule has 0 aromatic rings. The zero-order valence-electron chi connectivity index (χ0n) is 15.4. The van der Waals surface area contributed by atoms with Gasteiger partial charge in [0.05, 0.1) is 0 Å². The smallest absolute Gasteiger partial charge is 0.0103 e. The van der Waals surface area contributed by atoms with Gasteiger partial charge in [0.25, 0.3) is 0 Å². The number of rotatable bonds is 4. The lowest BCUT2D eigenvalue weighted by atomic mass is 9.70. The predicted octanol–water partition coefficient (Wildman–Crippen LogP) is 5.50. The highest BCUT2D eigenvalue weighted by molar-refractivity contribution is 4.92. The van der Waals surface area contributed by atoms with Gasteiger partial charge in [-0.2, -0.15) is 0 Å². The van der Waals surface area contributed by atoms with Gasteiger partial charge in [0.15, 0.2) is 0 Å². The van der Waals surface area contributed by atoms with Gasteiger partial charge >= 0.3 is 0 Å². The van der Waals surface area contributed by atoms with E-state index in [1.807, 2.05) is 0 Å². The van der Waals surface area contributed by atoms with E-state index in [1.54, 1.807) is 0 Å². The Hall–Kier alpha value is -0.0400. The molecule has 1 heteroatoms. The van der Waals surface area contributed by atoms with Crippen LogP contribution in [0.15, 0.2) is 0 Å². The van der Waals surface area contributed by atoms with Gasteiger partial charge in [0, 0.05) is 12.1 Å². The molecule has 6 unspecified atom stereocenters. The topological polar surface area (TPSA) is 12.0 Å². The molecule has 0 amide bonds. The Balaban J connectivity index is 2.04. The molecule has 2 rings (SSSR count). The van der Waals surface area contributed by atoms with Crippen molar-refractivity contribution in [2.24, 2.45) is 35.5 Å². The maximum absolute atomic E-state index is 4.18. The zero-order chi connectivity index (χ0) is 15.6. The lowest BCUT2D eigenvalue weighted by molar-refractivity contribution is 0.106. The molecule has 21 heavy (non-hydrogen) atoms. The van der Waals surface area contributed by atoms with Gasteiger partial charge in [-0.3, -0.25) is 0 Å². The number of hydrogen-bond acceptors (Lipinski definition) is 1. The molecule has 0 aromatic carbocycles. The molecule has 2 aliphatic rings. The Bertz CT molecular complexity index is 279. The third-order valence-corrected chi connectivity index (χ3v) is 6.47. The summed E-state index contributed by atoms with van der Waals surface area (Å²) in [6.45, 7) is 14.6. The quantitative estimate of drug-likeness (QED) is 0.722. The fraction of sp³-hybridized carbons (Fsp3) is 1.00. The zero-order valence-corrected chi connectivity index (χ0v) is 15.4. The van der Waals surface area contributed by atoms with Crippen LogP contribution < -0.4 is 5.32 Å². The van der Waals surface area contributed by atoms with Crippen LogP contribution in [0.4, 0.5) is 0 Å². The van der Waals surface area contributed by atoms with Gasteiger partial charge < -0.3 is 5.32 Å². The molecule has 1 N–H and O–H groups in total. The maximum Gasteiger partial charge on any atom is 0.0103 e. The molecule has 6 atom stereocenters. The van der Waals surface area contributed by atoms with Crippen LogP contribution >= 0.6 is 0 Å². The fourth-order valence-electron chi connectivity index (χ4n) is 5.06. The van der Waals surface area contributed by atoms with Gasteiger partial charge in [-0.15, -0.1) is 0 Å². The number of nitrogens with one attached hydrogen (secondary N) is 1. The van der Waals surface area contributed by atoms with Crippen LogP contribution in [0.2, 0.25) is 0 Å². The summed E-state index contributed by atoms with van der Waals surface area (Å²) >= 11 is 0. The third kappa shape index (κ3) is 4.47. The minimum absolute atomic E-state index is 0.769. The molecule has 0 saturated heterocycles. The summed E-state index contributed by atoms with van der Waals surface area (Å²) in [5, 5.41) is 4.18. The van der Waals surface area contributed by atoms with Crippen LogP contribution in [0.25, 0.3) is 0 Å². The first-order valence-corrected chi connectivity index (χ1v) is 9.64. The van der Waals surface area contributed by atoms with E-state index in [-0.39, 0.29) is 0 Å². The van der Waals surface area contributed by atoms with Crippen molar-refractivity contribution >= 4 is 0 Å². The van der Waals surface area contributed by atoms with E-state index in [4.69, 9.17) is 0 Å². The van der Waals surface area contributed by atoms with E-state index in [1.165, 1.54) is 38.5 Å². The average molecular weight is 294 g/mol. The highest BCUT2D eigenvalue weighted by atomic mass is 15.0. The van der Waals surface area contributed by atoms with Crippen LogP contribution in [-0.2, 0) is 0 Å². The van der Waals surface area contributed by atoms with Crippen molar-refractivity contribution in [1.82, 2.24) is 5.32 Å². The number of hydrogen-bond donors (Lipinski definition) is 1. The van der Waals surface area contributed by atoms with Crippen molar-refractivity contribution in [1.29, 1.82) is 0 Å². The SMILES string of the molecule is CC1CCC(C(C)C)C(NC2CC(C)CCC2C(C)C)C1. The highest BCUT2D eigenvalue weighted by Gasteiger charge is 2.36. The van der Waals surface area contributed by atoms with Gasteiger partial charge in [-0.05, 0) is 61.2 Å². The van der Waals surface area contributed by atoms with Crippen molar-refractivity contribution < 1.29 is 0 Å². The van der Waals surface area contributed by atoms with Crippen molar-refractivity contribution in [3.05, 3.63) is 0 Å². The van der Waals surface area contributed by atoms with E-state index < -0.39 is 0 Å². The lowest BCUT2D eigenvalue weighted by Gasteiger charge is -2.45. The first-order chi connectivity index (χ1) is 9.88. The van der Waals surface area contributed by atoms with Crippen LogP contribution in [0.5, 0.6) is 0 Å². The minimum Gasteiger partial charge on any atom is -0.311 e. The largest absolute Gasteiger partial charge is 0.311 e. The first-order valence-electron chi connectivity index (χ1n) is 9.64. The summed E-state index contributed by atoms with van der Waals surface area (Å²) < 4.78 is 0. The molecule has 0 aromatic heterocycles. The second-order valence-electron chi connectivity index (χ2n) is 9.03. The van der Waals surface area contributed by atoms with E-state index in [2.05, 4.69) is 46.9 Å². The molecule has 124 valence electrons. The van der Waals surface area contributed by atoms with E-state index in [0.717, 1.165) is 47.6 Å². The normalized spacial score (nSPS) is 41.7. The second kappa shape index (κ2) is 7.49. The maximum atomic E-state index is 4.18. The first kappa shape index (κ1) is 17.3. The third-order valence-electron chi connectivity index (χ3n) is 6.47. The Morgan fingerprint density at radius 1 is 0.667 bits per heavy atom. The molecule has 0 aliphatic heterocycles. The standard InChI is InChI=1S/C20H39N/c1-13(2)17-9-7-15(5)11-19(17)21-20-12-16(6)8-10-18(20)14(3)4/h13-21H,7-12H2,1-6H3. The molecular formula is C20H39N. The lowest BCUT2D eigenvalue weighted by Crippen LogP contribution is -2.52. The molecular weight excluding hydrogens is 254 g/mol. The fourth-order valence-corrected chi connectivity index (χ4v) is 5.06. The molecule has 1 nitrogen and oxygen atoms in total. The predicted molar refractivity (Wildman–Crippen MR) is 93.4 cm³/mol. The second-order valence-corrected chi connectivity index (χ2v) is 9.03. The summed E-state index contributed by atoms with van der Waals surface area (Å²) in [5.74, 6) is 5.27. The minimum atomic E-state index is 0.769. The van der Waals surface area contributed by atoms with Crippen molar-refractivity contribution in [2.45, 2.75) is 92.2 Å². The molecule has 0 heterocycles. The summed E-state index contributed by atoms with van der Waals surface area (Å²) in [4.78, 5) is 0. The Morgan fingerprint density at radius 2 is 1.05 bits per heavy atom. The van der Waals surface area contributed by atoms with E-state index >= 15 is 0 Å². The van der Waals surface area contributed by atoms with Gasteiger partial charge in [-0.1, -0.05) is 54.4 Å². The highest BCUT2D eigenvalue weighted by Crippen LogP contribution is 2.38. The summed E-state index contributed by atoms with van der Waals surface area (Å²) in [5.41, 5.74) is 0. The summed E-state index contributed by atoms with van der Waals surface area (Å²) in [6, 6.07) is 1.54. The van der Waals surface area contributed by atoms with Gasteiger partial charge in [-0.25, -0.2) is 0 Å². The molecule has 2 fully saturated rings. The Morgan fingerprint density at radius 3 is 1.38 bits per heavy atom. The molecule has 2 aliphatic carbocycles. The van der Waals surface area contributed by atoms with Crippen molar-refractivity contribution in [2.75, 3.05) is 0 Å². The monoisotopic (exact) mass is 293 g/mol. The van der Waals surface area contributed by atoms with Crippen LogP contribution in [0.3, 0.4) is 0 Å². The molecule has 0 spiro atoms. The van der Waals surface area contributed by atoms with Gasteiger partial charge in [0.2, 0.25) is 0 Å².